The lowest BCUT2D eigenvalue weighted by molar-refractivity contribution is 0.102. The first-order valence-electron chi connectivity index (χ1n) is 6.16. The molecule has 0 fully saturated rings. The number of aromatic nitrogens is 1. The quantitative estimate of drug-likeness (QED) is 0.897. The summed E-state index contributed by atoms with van der Waals surface area (Å²) in [6, 6.07) is 8.38. The summed E-state index contributed by atoms with van der Waals surface area (Å²) >= 11 is 0. The van der Waals surface area contributed by atoms with Crippen molar-refractivity contribution in [3.05, 3.63) is 47.3 Å². The number of nitrogen functional groups attached to an aromatic ring is 1. The molecule has 0 aliphatic carbocycles. The van der Waals surface area contributed by atoms with Crippen LogP contribution in [0.2, 0.25) is 0 Å². The van der Waals surface area contributed by atoms with Gasteiger partial charge in [-0.3, -0.25) is 9.78 Å². The molecule has 6 nitrogen and oxygen atoms in total. The maximum Gasteiger partial charge on any atom is 0.259 e. The Labute approximate surface area is 122 Å². The Bertz CT molecular complexity index is 735. The van der Waals surface area contributed by atoms with Gasteiger partial charge in [0.1, 0.15) is 5.75 Å². The minimum Gasteiger partial charge on any atom is -0.495 e. The number of nitrogens with one attached hydrogen (secondary N) is 1. The van der Waals surface area contributed by atoms with Gasteiger partial charge in [-0.25, -0.2) is 0 Å². The molecule has 6 heteroatoms. The van der Waals surface area contributed by atoms with E-state index in [1.54, 1.807) is 31.2 Å². The molecule has 106 valence electrons. The number of benzene rings is 1. The fourth-order valence-corrected chi connectivity index (χ4v) is 1.82. The summed E-state index contributed by atoms with van der Waals surface area (Å²) in [4.78, 5) is 16.3. The van der Waals surface area contributed by atoms with E-state index in [4.69, 9.17) is 15.7 Å². The Kier molecular flexibility index (Phi) is 4.05. The number of pyridine rings is 1. The number of rotatable bonds is 3. The number of nitrogens with two attached hydrogens (primary N) is 1. The van der Waals surface area contributed by atoms with Gasteiger partial charge >= 0.3 is 0 Å². The highest BCUT2D eigenvalue weighted by atomic mass is 16.5. The first kappa shape index (κ1) is 14.3. The van der Waals surface area contributed by atoms with Crippen molar-refractivity contribution in [3.63, 3.8) is 0 Å². The van der Waals surface area contributed by atoms with Crippen LogP contribution in [0.3, 0.4) is 0 Å². The highest BCUT2D eigenvalue weighted by molar-refractivity contribution is 6.08. The van der Waals surface area contributed by atoms with Crippen LogP contribution in [0, 0.1) is 18.3 Å². The smallest absolute Gasteiger partial charge is 0.259 e. The zero-order valence-corrected chi connectivity index (χ0v) is 11.7. The van der Waals surface area contributed by atoms with E-state index in [1.165, 1.54) is 13.3 Å². The second-order valence-electron chi connectivity index (χ2n) is 4.39. The molecule has 2 rings (SSSR count). The molecule has 1 amide bonds. The number of ether oxygens (including phenoxy) is 1. The summed E-state index contributed by atoms with van der Waals surface area (Å²) in [5, 5.41) is 11.5. The molecule has 0 bridgehead atoms. The molecule has 2 aromatic rings. The fourth-order valence-electron chi connectivity index (χ4n) is 1.82. The molecule has 0 saturated heterocycles. The molecular weight excluding hydrogens is 268 g/mol. The fraction of sp³-hybridized carbons (Fsp3) is 0.133. The Hall–Kier alpha value is -3.07. The number of hydrogen-bond acceptors (Lipinski definition) is 5. The van der Waals surface area contributed by atoms with Crippen molar-refractivity contribution in [2.24, 2.45) is 0 Å². The molecule has 1 aromatic carbocycles. The molecular formula is C15H14N4O2. The van der Waals surface area contributed by atoms with Gasteiger partial charge in [-0.05, 0) is 25.1 Å². The predicted molar refractivity (Wildman–Crippen MR) is 79.0 cm³/mol. The number of carbonyl (C=O) groups is 1. The zero-order chi connectivity index (χ0) is 15.4. The van der Waals surface area contributed by atoms with Crippen LogP contribution in [0.15, 0.2) is 30.5 Å². The number of hydrogen-bond donors (Lipinski definition) is 2. The lowest BCUT2D eigenvalue weighted by atomic mass is 10.1. The van der Waals surface area contributed by atoms with Crippen LogP contribution in [0.25, 0.3) is 0 Å². The van der Waals surface area contributed by atoms with Gasteiger partial charge in [0.15, 0.2) is 0 Å². The summed E-state index contributed by atoms with van der Waals surface area (Å²) in [5.74, 6) is 0.0176. The van der Waals surface area contributed by atoms with E-state index < -0.39 is 0 Å². The third kappa shape index (κ3) is 3.09. The highest BCUT2D eigenvalue weighted by Crippen LogP contribution is 2.26. The molecule has 0 radical (unpaired) electrons. The number of nitriles is 1. The summed E-state index contributed by atoms with van der Waals surface area (Å²) in [5.41, 5.74) is 8.10. The van der Waals surface area contributed by atoms with Crippen molar-refractivity contribution in [2.45, 2.75) is 6.92 Å². The van der Waals surface area contributed by atoms with E-state index in [0.717, 1.165) is 5.69 Å². The van der Waals surface area contributed by atoms with E-state index in [1.807, 2.05) is 6.07 Å². The van der Waals surface area contributed by atoms with Crippen LogP contribution in [0.1, 0.15) is 21.6 Å². The Morgan fingerprint density at radius 2 is 2.19 bits per heavy atom. The van der Waals surface area contributed by atoms with Gasteiger partial charge in [-0.1, -0.05) is 0 Å². The lowest BCUT2D eigenvalue weighted by Crippen LogP contribution is -2.15. The van der Waals surface area contributed by atoms with Crippen LogP contribution >= 0.6 is 0 Å². The van der Waals surface area contributed by atoms with Crippen molar-refractivity contribution in [1.82, 2.24) is 4.98 Å². The average Bonchev–Trinajstić information content (AvgIpc) is 2.47. The van der Waals surface area contributed by atoms with E-state index in [-0.39, 0.29) is 11.5 Å². The number of nitrogens with zero attached hydrogens (tertiary/aromatic N) is 2. The van der Waals surface area contributed by atoms with Gasteiger partial charge in [0.05, 0.1) is 30.0 Å². The van der Waals surface area contributed by atoms with Crippen molar-refractivity contribution >= 4 is 17.3 Å². The monoisotopic (exact) mass is 282 g/mol. The van der Waals surface area contributed by atoms with E-state index in [9.17, 15) is 4.79 Å². The third-order valence-corrected chi connectivity index (χ3v) is 2.90. The maximum absolute atomic E-state index is 12.2. The molecule has 0 unspecified atom stereocenters. The second kappa shape index (κ2) is 5.92. The molecule has 0 aliphatic heterocycles. The standard InChI is InChI=1S/C15H14N4O2/c1-9-5-12(17)11(8-18-9)15(20)19-13-4-3-10(7-16)6-14(13)21-2/h3-6,8H,1-2H3,(H2,17,18)(H,19,20). The molecule has 3 N–H and O–H groups in total. The SMILES string of the molecule is COc1cc(C#N)ccc1NC(=O)c1cnc(C)cc1N. The van der Waals surface area contributed by atoms with E-state index in [2.05, 4.69) is 10.3 Å². The Balaban J connectivity index is 2.29. The molecule has 0 atom stereocenters. The van der Waals surface area contributed by atoms with E-state index in [0.29, 0.717) is 22.7 Å². The topological polar surface area (TPSA) is 101 Å². The highest BCUT2D eigenvalue weighted by Gasteiger charge is 2.13. The van der Waals surface area contributed by atoms with Crippen LogP contribution in [-0.2, 0) is 0 Å². The Morgan fingerprint density at radius 3 is 2.81 bits per heavy atom. The normalized spacial score (nSPS) is 9.76. The van der Waals surface area contributed by atoms with Gasteiger partial charge < -0.3 is 15.8 Å². The maximum atomic E-state index is 12.2. The number of aryl methyl sites for hydroxylation is 1. The van der Waals surface area contributed by atoms with Crippen LogP contribution in [-0.4, -0.2) is 18.0 Å². The van der Waals surface area contributed by atoms with Crippen LogP contribution < -0.4 is 15.8 Å². The van der Waals surface area contributed by atoms with Crippen molar-refractivity contribution in [3.8, 4) is 11.8 Å². The van der Waals surface area contributed by atoms with Crippen molar-refractivity contribution < 1.29 is 9.53 Å². The molecule has 0 aliphatic rings. The summed E-state index contributed by atoms with van der Waals surface area (Å²) in [7, 11) is 1.47. The van der Waals surface area contributed by atoms with Gasteiger partial charge in [-0.2, -0.15) is 5.26 Å². The molecule has 1 heterocycles. The average molecular weight is 282 g/mol. The lowest BCUT2D eigenvalue weighted by Gasteiger charge is -2.11. The molecule has 1 aromatic heterocycles. The first-order chi connectivity index (χ1) is 10.0. The second-order valence-corrected chi connectivity index (χ2v) is 4.39. The number of anilines is 2. The van der Waals surface area contributed by atoms with Gasteiger partial charge in [0.25, 0.3) is 5.91 Å². The van der Waals surface area contributed by atoms with Gasteiger partial charge in [0, 0.05) is 23.6 Å². The number of amides is 1. The summed E-state index contributed by atoms with van der Waals surface area (Å²) in [6.07, 6.45) is 1.43. The number of carbonyl (C=O) groups excluding carboxylic acids is 1. The number of methoxy groups -OCH3 is 1. The zero-order valence-electron chi connectivity index (χ0n) is 11.7. The first-order valence-corrected chi connectivity index (χ1v) is 6.16. The minimum absolute atomic E-state index is 0.284. The minimum atomic E-state index is -0.386. The van der Waals surface area contributed by atoms with Crippen LogP contribution in [0.4, 0.5) is 11.4 Å². The molecule has 0 saturated carbocycles. The summed E-state index contributed by atoms with van der Waals surface area (Å²) < 4.78 is 5.16. The van der Waals surface area contributed by atoms with Crippen LogP contribution in [0.5, 0.6) is 5.75 Å². The molecule has 0 spiro atoms. The largest absolute Gasteiger partial charge is 0.495 e. The van der Waals surface area contributed by atoms with E-state index >= 15 is 0 Å². The predicted octanol–water partition coefficient (Wildman–Crippen LogP) is 2.10. The van der Waals surface area contributed by atoms with Crippen molar-refractivity contribution in [1.29, 1.82) is 5.26 Å². The summed E-state index contributed by atoms with van der Waals surface area (Å²) in [6.45, 7) is 1.79. The van der Waals surface area contributed by atoms with Gasteiger partial charge in [0.2, 0.25) is 0 Å². The van der Waals surface area contributed by atoms with Gasteiger partial charge in [-0.15, -0.1) is 0 Å². The Morgan fingerprint density at radius 1 is 1.43 bits per heavy atom. The third-order valence-electron chi connectivity index (χ3n) is 2.90. The molecule has 21 heavy (non-hydrogen) atoms. The van der Waals surface area contributed by atoms with Crippen molar-refractivity contribution in [2.75, 3.05) is 18.2 Å².